The molecule has 0 aliphatic heterocycles. The Kier molecular flexibility index (Phi) is 7.12. The van der Waals surface area contributed by atoms with Crippen molar-refractivity contribution in [3.05, 3.63) is 105 Å². The molecule has 3 rings (SSSR count). The van der Waals surface area contributed by atoms with Crippen LogP contribution in [0.15, 0.2) is 83.6 Å². The number of non-ortho nitro benzene ring substituents is 1. The lowest BCUT2D eigenvalue weighted by atomic mass is 10.1. The highest BCUT2D eigenvalue weighted by molar-refractivity contribution is 6.05. The second kappa shape index (κ2) is 10.4. The standard InChI is InChI=1S/C23H18N4O6/c28-20-11-8-16(13-21(20)29)14-24-26-23(31)19(25-22(30)17-4-2-1-3-5-17)12-15-6-9-18(10-7-15)27(32)33/h1-14,28-29H,(H,25,30)(H,26,31)/b19-12?,24-14+. The zero-order valence-corrected chi connectivity index (χ0v) is 17.0. The van der Waals surface area contributed by atoms with Gasteiger partial charge < -0.3 is 15.5 Å². The normalized spacial score (nSPS) is 11.2. The lowest BCUT2D eigenvalue weighted by molar-refractivity contribution is -0.384. The van der Waals surface area contributed by atoms with Gasteiger partial charge in [-0.2, -0.15) is 5.10 Å². The molecule has 0 atom stereocenters. The van der Waals surface area contributed by atoms with Gasteiger partial charge in [-0.05, 0) is 59.7 Å². The fourth-order valence-electron chi connectivity index (χ4n) is 2.65. The van der Waals surface area contributed by atoms with E-state index >= 15 is 0 Å². The zero-order valence-electron chi connectivity index (χ0n) is 17.0. The number of nitro groups is 1. The van der Waals surface area contributed by atoms with Crippen LogP contribution in [0.4, 0.5) is 5.69 Å². The van der Waals surface area contributed by atoms with E-state index in [0.29, 0.717) is 16.7 Å². The predicted molar refractivity (Wildman–Crippen MR) is 120 cm³/mol. The summed E-state index contributed by atoms with van der Waals surface area (Å²) in [5.41, 5.74) is 3.16. The molecule has 0 aliphatic rings. The number of nitro benzene ring substituents is 1. The van der Waals surface area contributed by atoms with Crippen molar-refractivity contribution in [3.8, 4) is 11.5 Å². The molecule has 0 spiro atoms. The third kappa shape index (κ3) is 6.25. The number of nitrogens with zero attached hydrogens (tertiary/aromatic N) is 2. The van der Waals surface area contributed by atoms with E-state index < -0.39 is 16.7 Å². The van der Waals surface area contributed by atoms with Gasteiger partial charge in [-0.1, -0.05) is 18.2 Å². The number of carbonyl (C=O) groups excluding carboxylic acids is 2. The second-order valence-corrected chi connectivity index (χ2v) is 6.67. The van der Waals surface area contributed by atoms with E-state index in [2.05, 4.69) is 15.8 Å². The summed E-state index contributed by atoms with van der Waals surface area (Å²) in [5.74, 6) is -1.93. The van der Waals surface area contributed by atoms with Crippen LogP contribution in [0.5, 0.6) is 11.5 Å². The van der Waals surface area contributed by atoms with E-state index in [1.54, 1.807) is 30.3 Å². The van der Waals surface area contributed by atoms with Crippen molar-refractivity contribution < 1.29 is 24.7 Å². The molecule has 10 nitrogen and oxygen atoms in total. The zero-order chi connectivity index (χ0) is 23.8. The summed E-state index contributed by atoms with van der Waals surface area (Å²) in [5, 5.41) is 36.0. The lowest BCUT2D eigenvalue weighted by Crippen LogP contribution is -2.32. The second-order valence-electron chi connectivity index (χ2n) is 6.67. The molecule has 0 bridgehead atoms. The van der Waals surface area contributed by atoms with E-state index in [0.717, 1.165) is 0 Å². The smallest absolute Gasteiger partial charge is 0.287 e. The number of hydrogen-bond donors (Lipinski definition) is 4. The maximum absolute atomic E-state index is 12.7. The van der Waals surface area contributed by atoms with Gasteiger partial charge >= 0.3 is 0 Å². The van der Waals surface area contributed by atoms with E-state index in [9.17, 15) is 29.9 Å². The van der Waals surface area contributed by atoms with Gasteiger partial charge in [0, 0.05) is 17.7 Å². The predicted octanol–water partition coefficient (Wildman–Crippen LogP) is 2.93. The first-order valence-corrected chi connectivity index (χ1v) is 9.51. The molecule has 3 aromatic rings. The maximum Gasteiger partial charge on any atom is 0.287 e. The van der Waals surface area contributed by atoms with Crippen molar-refractivity contribution in [3.63, 3.8) is 0 Å². The Morgan fingerprint density at radius 2 is 1.58 bits per heavy atom. The molecular formula is C23H18N4O6. The Bertz CT molecular complexity index is 1240. The van der Waals surface area contributed by atoms with Crippen LogP contribution in [0.25, 0.3) is 6.08 Å². The Labute approximate surface area is 187 Å². The minimum Gasteiger partial charge on any atom is -0.504 e. The number of hydrogen-bond acceptors (Lipinski definition) is 7. The topological polar surface area (TPSA) is 154 Å². The molecule has 0 heterocycles. The molecule has 166 valence electrons. The summed E-state index contributed by atoms with van der Waals surface area (Å²) in [6.45, 7) is 0. The van der Waals surface area contributed by atoms with Gasteiger partial charge in [0.2, 0.25) is 0 Å². The summed E-state index contributed by atoms with van der Waals surface area (Å²) < 4.78 is 0. The lowest BCUT2D eigenvalue weighted by Gasteiger charge is -2.09. The number of carbonyl (C=O) groups is 2. The van der Waals surface area contributed by atoms with Crippen LogP contribution in [-0.4, -0.2) is 33.2 Å². The van der Waals surface area contributed by atoms with Crippen molar-refractivity contribution in [2.75, 3.05) is 0 Å². The molecule has 33 heavy (non-hydrogen) atoms. The molecule has 0 saturated carbocycles. The first kappa shape index (κ1) is 22.7. The van der Waals surface area contributed by atoms with Crippen LogP contribution in [0.1, 0.15) is 21.5 Å². The van der Waals surface area contributed by atoms with E-state index in [1.165, 1.54) is 54.8 Å². The largest absolute Gasteiger partial charge is 0.504 e. The fourth-order valence-corrected chi connectivity index (χ4v) is 2.65. The van der Waals surface area contributed by atoms with Crippen LogP contribution in [-0.2, 0) is 4.79 Å². The van der Waals surface area contributed by atoms with Crippen LogP contribution in [0, 0.1) is 10.1 Å². The molecule has 3 aromatic carbocycles. The Morgan fingerprint density at radius 1 is 0.909 bits per heavy atom. The number of phenolic OH excluding ortho intramolecular Hbond substituents is 2. The highest BCUT2D eigenvalue weighted by Gasteiger charge is 2.15. The summed E-state index contributed by atoms with van der Waals surface area (Å²) in [6.07, 6.45) is 2.58. The van der Waals surface area contributed by atoms with Crippen molar-refractivity contribution in [2.45, 2.75) is 0 Å². The van der Waals surface area contributed by atoms with Gasteiger partial charge in [-0.25, -0.2) is 5.43 Å². The van der Waals surface area contributed by atoms with Gasteiger partial charge in [-0.3, -0.25) is 19.7 Å². The van der Waals surface area contributed by atoms with Gasteiger partial charge in [0.05, 0.1) is 11.1 Å². The molecule has 0 saturated heterocycles. The van der Waals surface area contributed by atoms with Crippen molar-refractivity contribution >= 4 is 29.8 Å². The van der Waals surface area contributed by atoms with Crippen molar-refractivity contribution in [1.82, 2.24) is 10.7 Å². The Morgan fingerprint density at radius 3 is 2.21 bits per heavy atom. The van der Waals surface area contributed by atoms with Crippen LogP contribution in [0.3, 0.4) is 0 Å². The quantitative estimate of drug-likeness (QED) is 0.144. The summed E-state index contributed by atoms with van der Waals surface area (Å²) in [7, 11) is 0. The molecule has 2 amide bonds. The molecule has 4 N–H and O–H groups in total. The molecule has 0 radical (unpaired) electrons. The third-order valence-electron chi connectivity index (χ3n) is 4.32. The van der Waals surface area contributed by atoms with Crippen molar-refractivity contribution in [1.29, 1.82) is 0 Å². The molecule has 0 unspecified atom stereocenters. The highest BCUT2D eigenvalue weighted by Crippen LogP contribution is 2.24. The average Bonchev–Trinajstić information content (AvgIpc) is 2.81. The summed E-state index contributed by atoms with van der Waals surface area (Å²) in [6, 6.07) is 17.6. The van der Waals surface area contributed by atoms with Crippen LogP contribution < -0.4 is 10.7 Å². The first-order chi connectivity index (χ1) is 15.8. The summed E-state index contributed by atoms with van der Waals surface area (Å²) >= 11 is 0. The number of nitrogens with one attached hydrogen (secondary N) is 2. The maximum atomic E-state index is 12.7. The number of hydrazone groups is 1. The molecule has 0 aliphatic carbocycles. The molecular weight excluding hydrogens is 428 g/mol. The minimum absolute atomic E-state index is 0.117. The first-order valence-electron chi connectivity index (χ1n) is 9.51. The number of aromatic hydroxyl groups is 2. The Hall–Kier alpha value is -4.99. The highest BCUT2D eigenvalue weighted by atomic mass is 16.6. The Balaban J connectivity index is 1.82. The number of amides is 2. The van der Waals surface area contributed by atoms with E-state index in [4.69, 9.17) is 0 Å². The van der Waals surface area contributed by atoms with Gasteiger partial charge in [0.1, 0.15) is 5.70 Å². The molecule has 0 fully saturated rings. The van der Waals surface area contributed by atoms with Gasteiger partial charge in [0.15, 0.2) is 11.5 Å². The molecule has 0 aromatic heterocycles. The number of benzene rings is 3. The fraction of sp³-hybridized carbons (Fsp3) is 0. The minimum atomic E-state index is -0.753. The monoisotopic (exact) mass is 446 g/mol. The SMILES string of the molecule is O=C(N/N=C/c1ccc(O)c(O)c1)C(=Cc1ccc([N+](=O)[O-])cc1)NC(=O)c1ccccc1. The number of phenols is 2. The van der Waals surface area contributed by atoms with E-state index in [-0.39, 0.29) is 22.9 Å². The third-order valence-corrected chi connectivity index (χ3v) is 4.32. The van der Waals surface area contributed by atoms with Crippen molar-refractivity contribution in [2.24, 2.45) is 5.10 Å². The number of rotatable bonds is 7. The van der Waals surface area contributed by atoms with Gasteiger partial charge in [0.25, 0.3) is 17.5 Å². The van der Waals surface area contributed by atoms with E-state index in [1.807, 2.05) is 0 Å². The average molecular weight is 446 g/mol. The molecule has 10 heteroatoms. The van der Waals surface area contributed by atoms with Crippen LogP contribution in [0.2, 0.25) is 0 Å². The van der Waals surface area contributed by atoms with Gasteiger partial charge in [-0.15, -0.1) is 0 Å². The van der Waals surface area contributed by atoms with Crippen LogP contribution >= 0.6 is 0 Å². The summed E-state index contributed by atoms with van der Waals surface area (Å²) in [4.78, 5) is 35.5.